The van der Waals surface area contributed by atoms with E-state index in [4.69, 9.17) is 11.6 Å². The summed E-state index contributed by atoms with van der Waals surface area (Å²) in [5, 5.41) is 15.5. The van der Waals surface area contributed by atoms with Gasteiger partial charge >= 0.3 is 0 Å². The molecule has 2 rings (SSSR count). The molecule has 0 radical (unpaired) electrons. The second-order valence-corrected chi connectivity index (χ2v) is 5.19. The standard InChI is InChI=1S/C15H20ClN3O/c1-4-11-9-17-7-6-12(11)14(20)8-13-15(16)10(3)18-19(13)5-2/h6-7,9,14,20H,4-5,8H2,1-3H3. The summed E-state index contributed by atoms with van der Waals surface area (Å²) in [7, 11) is 0. The quantitative estimate of drug-likeness (QED) is 0.921. The number of pyridine rings is 1. The van der Waals surface area contributed by atoms with Gasteiger partial charge in [-0.15, -0.1) is 0 Å². The van der Waals surface area contributed by atoms with Gasteiger partial charge in [0.2, 0.25) is 0 Å². The van der Waals surface area contributed by atoms with Crippen molar-refractivity contribution in [3.63, 3.8) is 0 Å². The van der Waals surface area contributed by atoms with Gasteiger partial charge in [0.05, 0.1) is 22.5 Å². The second kappa shape index (κ2) is 6.37. The molecule has 0 aromatic carbocycles. The first-order chi connectivity index (χ1) is 9.58. The molecule has 4 nitrogen and oxygen atoms in total. The van der Waals surface area contributed by atoms with Gasteiger partial charge in [-0.1, -0.05) is 18.5 Å². The van der Waals surface area contributed by atoms with Gasteiger partial charge in [0.1, 0.15) is 0 Å². The molecule has 0 aliphatic carbocycles. The molecule has 0 aliphatic rings. The number of aliphatic hydroxyl groups excluding tert-OH is 1. The van der Waals surface area contributed by atoms with Crippen LogP contribution in [0.1, 0.15) is 42.5 Å². The number of rotatable bonds is 5. The number of hydrogen-bond acceptors (Lipinski definition) is 3. The first-order valence-corrected chi connectivity index (χ1v) is 7.28. The molecule has 0 amide bonds. The van der Waals surface area contributed by atoms with E-state index < -0.39 is 6.10 Å². The zero-order chi connectivity index (χ0) is 14.7. The van der Waals surface area contributed by atoms with Crippen LogP contribution >= 0.6 is 11.6 Å². The topological polar surface area (TPSA) is 50.9 Å². The Morgan fingerprint density at radius 2 is 2.15 bits per heavy atom. The van der Waals surface area contributed by atoms with Crippen molar-refractivity contribution in [1.29, 1.82) is 0 Å². The third kappa shape index (κ3) is 2.86. The van der Waals surface area contributed by atoms with Crippen LogP contribution in [0.3, 0.4) is 0 Å². The zero-order valence-electron chi connectivity index (χ0n) is 12.1. The summed E-state index contributed by atoms with van der Waals surface area (Å²) in [5.74, 6) is 0. The monoisotopic (exact) mass is 293 g/mol. The molecule has 0 spiro atoms. The summed E-state index contributed by atoms with van der Waals surface area (Å²) in [6.07, 6.45) is 4.24. The summed E-state index contributed by atoms with van der Waals surface area (Å²) in [6, 6.07) is 1.87. The molecule has 5 heteroatoms. The molecule has 1 atom stereocenters. The highest BCUT2D eigenvalue weighted by atomic mass is 35.5. The Labute approximate surface area is 124 Å². The Hall–Kier alpha value is -1.39. The Bertz CT molecular complexity index is 595. The number of aromatic nitrogens is 3. The fourth-order valence-electron chi connectivity index (χ4n) is 2.42. The summed E-state index contributed by atoms with van der Waals surface area (Å²) >= 11 is 6.29. The average Bonchev–Trinajstić information content (AvgIpc) is 2.74. The van der Waals surface area contributed by atoms with Gasteiger partial charge in [-0.3, -0.25) is 9.67 Å². The predicted molar refractivity (Wildman–Crippen MR) is 79.9 cm³/mol. The van der Waals surface area contributed by atoms with E-state index in [1.807, 2.05) is 30.8 Å². The minimum Gasteiger partial charge on any atom is -0.388 e. The van der Waals surface area contributed by atoms with Gasteiger partial charge in [0.15, 0.2) is 0 Å². The molecule has 0 bridgehead atoms. The van der Waals surface area contributed by atoms with E-state index in [1.54, 1.807) is 6.20 Å². The SMILES string of the molecule is CCc1cnccc1C(O)Cc1c(Cl)c(C)nn1CC. The maximum Gasteiger partial charge on any atom is 0.0849 e. The predicted octanol–water partition coefficient (Wildman–Crippen LogP) is 3.10. The Morgan fingerprint density at radius 3 is 2.80 bits per heavy atom. The lowest BCUT2D eigenvalue weighted by Crippen LogP contribution is -2.10. The number of halogens is 1. The van der Waals surface area contributed by atoms with E-state index in [1.165, 1.54) is 0 Å². The summed E-state index contributed by atoms with van der Waals surface area (Å²) < 4.78 is 1.85. The molecule has 0 fully saturated rings. The van der Waals surface area contributed by atoms with Gasteiger partial charge < -0.3 is 5.11 Å². The van der Waals surface area contributed by atoms with Gasteiger partial charge in [0.25, 0.3) is 0 Å². The van der Waals surface area contributed by atoms with E-state index in [2.05, 4.69) is 17.0 Å². The van der Waals surface area contributed by atoms with E-state index in [-0.39, 0.29) is 0 Å². The van der Waals surface area contributed by atoms with Crippen molar-refractivity contribution in [2.75, 3.05) is 0 Å². The van der Waals surface area contributed by atoms with Gasteiger partial charge in [-0.2, -0.15) is 5.10 Å². The van der Waals surface area contributed by atoms with Crippen LogP contribution in [0.2, 0.25) is 5.02 Å². The highest BCUT2D eigenvalue weighted by Gasteiger charge is 2.19. The Balaban J connectivity index is 2.30. The molecule has 2 heterocycles. The lowest BCUT2D eigenvalue weighted by Gasteiger charge is -2.15. The van der Waals surface area contributed by atoms with Crippen molar-refractivity contribution in [1.82, 2.24) is 14.8 Å². The molecular weight excluding hydrogens is 274 g/mol. The highest BCUT2D eigenvalue weighted by Crippen LogP contribution is 2.27. The fourth-order valence-corrected chi connectivity index (χ4v) is 2.63. The molecule has 1 N–H and O–H groups in total. The van der Waals surface area contributed by atoms with Crippen LogP contribution in [0, 0.1) is 6.92 Å². The second-order valence-electron chi connectivity index (χ2n) is 4.81. The molecule has 0 saturated heterocycles. The Kier molecular flexibility index (Phi) is 4.78. The average molecular weight is 294 g/mol. The van der Waals surface area contributed by atoms with E-state index in [0.29, 0.717) is 11.4 Å². The minimum absolute atomic E-state index is 0.463. The molecular formula is C15H20ClN3O. The van der Waals surface area contributed by atoms with Crippen molar-refractivity contribution in [2.45, 2.75) is 46.3 Å². The van der Waals surface area contributed by atoms with Crippen LogP contribution in [0.4, 0.5) is 0 Å². The lowest BCUT2D eigenvalue weighted by molar-refractivity contribution is 0.174. The van der Waals surface area contributed by atoms with Crippen LogP contribution in [-0.2, 0) is 19.4 Å². The largest absolute Gasteiger partial charge is 0.388 e. The van der Waals surface area contributed by atoms with Crippen molar-refractivity contribution in [2.24, 2.45) is 0 Å². The van der Waals surface area contributed by atoms with E-state index in [9.17, 15) is 5.11 Å². The Morgan fingerprint density at radius 1 is 1.40 bits per heavy atom. The van der Waals surface area contributed by atoms with Crippen molar-refractivity contribution in [3.05, 3.63) is 46.0 Å². The van der Waals surface area contributed by atoms with Crippen LogP contribution in [-0.4, -0.2) is 19.9 Å². The summed E-state index contributed by atoms with van der Waals surface area (Å²) in [4.78, 5) is 4.11. The lowest BCUT2D eigenvalue weighted by atomic mass is 9.99. The third-order valence-electron chi connectivity index (χ3n) is 3.52. The number of nitrogens with zero attached hydrogens (tertiary/aromatic N) is 3. The van der Waals surface area contributed by atoms with Gasteiger partial charge in [-0.25, -0.2) is 0 Å². The minimum atomic E-state index is -0.591. The van der Waals surface area contributed by atoms with Crippen molar-refractivity contribution in [3.8, 4) is 0 Å². The third-order valence-corrected chi connectivity index (χ3v) is 4.01. The van der Waals surface area contributed by atoms with E-state index in [0.717, 1.165) is 35.5 Å². The maximum absolute atomic E-state index is 10.5. The van der Waals surface area contributed by atoms with Crippen LogP contribution in [0.25, 0.3) is 0 Å². The van der Waals surface area contributed by atoms with Gasteiger partial charge in [-0.05, 0) is 37.5 Å². The van der Waals surface area contributed by atoms with Crippen molar-refractivity contribution < 1.29 is 5.11 Å². The number of hydrogen-bond donors (Lipinski definition) is 1. The summed E-state index contributed by atoms with van der Waals surface area (Å²) in [6.45, 7) is 6.70. The van der Waals surface area contributed by atoms with Crippen LogP contribution in [0.15, 0.2) is 18.5 Å². The molecule has 0 saturated carbocycles. The molecule has 20 heavy (non-hydrogen) atoms. The maximum atomic E-state index is 10.5. The molecule has 0 aliphatic heterocycles. The first kappa shape index (κ1) is 15.0. The van der Waals surface area contributed by atoms with Crippen molar-refractivity contribution >= 4 is 11.6 Å². The van der Waals surface area contributed by atoms with E-state index >= 15 is 0 Å². The normalized spacial score (nSPS) is 12.7. The van der Waals surface area contributed by atoms with Gasteiger partial charge in [0, 0.05) is 25.4 Å². The molecule has 2 aromatic heterocycles. The number of aryl methyl sites for hydroxylation is 3. The fraction of sp³-hybridized carbons (Fsp3) is 0.467. The zero-order valence-corrected chi connectivity index (χ0v) is 12.9. The molecule has 2 aromatic rings. The van der Waals surface area contributed by atoms with Crippen LogP contribution in [0.5, 0.6) is 0 Å². The smallest absolute Gasteiger partial charge is 0.0849 e. The summed E-state index contributed by atoms with van der Waals surface area (Å²) in [5.41, 5.74) is 3.68. The molecule has 108 valence electrons. The highest BCUT2D eigenvalue weighted by molar-refractivity contribution is 6.31. The number of aliphatic hydroxyl groups is 1. The van der Waals surface area contributed by atoms with Crippen LogP contribution < -0.4 is 0 Å². The molecule has 1 unspecified atom stereocenters. The first-order valence-electron chi connectivity index (χ1n) is 6.91.